The van der Waals surface area contributed by atoms with E-state index in [1.807, 2.05) is 44.2 Å². The number of para-hydroxylation sites is 1. The van der Waals surface area contributed by atoms with E-state index in [2.05, 4.69) is 5.32 Å². The van der Waals surface area contributed by atoms with Gasteiger partial charge >= 0.3 is 0 Å². The van der Waals surface area contributed by atoms with Gasteiger partial charge in [-0.15, -0.1) is 0 Å². The number of hydrogen-bond donors (Lipinski definition) is 1. The minimum Gasteiger partial charge on any atom is -0.352 e. The summed E-state index contributed by atoms with van der Waals surface area (Å²) in [6.07, 6.45) is 1.19. The lowest BCUT2D eigenvalue weighted by atomic mass is 10.0. The lowest BCUT2D eigenvalue weighted by molar-refractivity contribution is -0.140. The van der Waals surface area contributed by atoms with Crippen LogP contribution in [0.3, 0.4) is 0 Å². The van der Waals surface area contributed by atoms with Crippen molar-refractivity contribution >= 4 is 62.3 Å². The number of benzene rings is 3. The zero-order chi connectivity index (χ0) is 28.7. The summed E-state index contributed by atoms with van der Waals surface area (Å²) in [6, 6.07) is 19.3. The fourth-order valence-corrected chi connectivity index (χ4v) is 5.63. The highest BCUT2D eigenvalue weighted by Crippen LogP contribution is 2.28. The summed E-state index contributed by atoms with van der Waals surface area (Å²) < 4.78 is 26.6. The average Bonchev–Trinajstić information content (AvgIpc) is 2.85. The lowest BCUT2D eigenvalue weighted by Gasteiger charge is -2.34. The van der Waals surface area contributed by atoms with Gasteiger partial charge in [-0.3, -0.25) is 13.9 Å². The fourth-order valence-electron chi connectivity index (χ4n) is 4.02. The third-order valence-electron chi connectivity index (χ3n) is 5.86. The van der Waals surface area contributed by atoms with Crippen LogP contribution in [0, 0.1) is 0 Å². The molecule has 0 saturated carbocycles. The maximum absolute atomic E-state index is 14.0. The highest BCUT2D eigenvalue weighted by molar-refractivity contribution is 7.92. The molecule has 0 spiro atoms. The molecule has 2 amide bonds. The Morgan fingerprint density at radius 1 is 0.897 bits per heavy atom. The lowest BCUT2D eigenvalue weighted by Crippen LogP contribution is -2.54. The Morgan fingerprint density at radius 3 is 2.13 bits per heavy atom. The van der Waals surface area contributed by atoms with Crippen LogP contribution in [0.15, 0.2) is 72.8 Å². The van der Waals surface area contributed by atoms with Gasteiger partial charge in [0.15, 0.2) is 0 Å². The number of hydrogen-bond acceptors (Lipinski definition) is 4. The molecule has 0 unspecified atom stereocenters. The molecule has 0 bridgehead atoms. The molecule has 0 aliphatic heterocycles. The van der Waals surface area contributed by atoms with Crippen molar-refractivity contribution in [1.29, 1.82) is 0 Å². The molecule has 3 aromatic carbocycles. The van der Waals surface area contributed by atoms with E-state index in [-0.39, 0.29) is 35.6 Å². The molecule has 3 aromatic rings. The number of rotatable bonds is 11. The van der Waals surface area contributed by atoms with Crippen molar-refractivity contribution in [3.8, 4) is 0 Å². The molecule has 0 aliphatic carbocycles. The van der Waals surface area contributed by atoms with E-state index < -0.39 is 28.5 Å². The molecular weight excluding hydrogens is 581 g/mol. The van der Waals surface area contributed by atoms with E-state index in [0.717, 1.165) is 16.1 Å². The van der Waals surface area contributed by atoms with Crippen LogP contribution in [0.2, 0.25) is 15.1 Å². The van der Waals surface area contributed by atoms with Crippen LogP contribution in [-0.2, 0) is 32.6 Å². The zero-order valence-corrected chi connectivity index (χ0v) is 24.9. The van der Waals surface area contributed by atoms with Crippen molar-refractivity contribution in [2.24, 2.45) is 0 Å². The number of nitrogens with one attached hydrogen (secondary N) is 1. The normalized spacial score (nSPS) is 12.2. The largest absolute Gasteiger partial charge is 0.352 e. The first kappa shape index (κ1) is 30.8. The van der Waals surface area contributed by atoms with Crippen LogP contribution in [0.1, 0.15) is 25.0 Å². The van der Waals surface area contributed by atoms with Crippen LogP contribution in [-0.4, -0.2) is 50.0 Å². The summed E-state index contributed by atoms with van der Waals surface area (Å²) in [6.45, 7) is 3.01. The van der Waals surface area contributed by atoms with Crippen LogP contribution in [0.25, 0.3) is 0 Å². The highest BCUT2D eigenvalue weighted by Gasteiger charge is 2.34. The van der Waals surface area contributed by atoms with Crippen LogP contribution in [0.4, 0.5) is 5.69 Å². The zero-order valence-electron chi connectivity index (χ0n) is 21.8. The third kappa shape index (κ3) is 8.60. The average molecular weight is 611 g/mol. The van der Waals surface area contributed by atoms with Crippen LogP contribution < -0.4 is 9.62 Å². The van der Waals surface area contributed by atoms with Crippen LogP contribution >= 0.6 is 34.8 Å². The number of sulfonamides is 1. The minimum atomic E-state index is -3.92. The number of amides is 2. The molecule has 0 heterocycles. The van der Waals surface area contributed by atoms with Gasteiger partial charge in [0, 0.05) is 29.1 Å². The molecule has 0 saturated heterocycles. The van der Waals surface area contributed by atoms with Gasteiger partial charge in [-0.05, 0) is 49.2 Å². The van der Waals surface area contributed by atoms with Gasteiger partial charge in [-0.25, -0.2) is 8.42 Å². The SMILES string of the molecule is CC(C)NC(=O)[C@@H](Cc1ccccc1)N(Cc1ccc(Cl)cc1Cl)C(=O)CN(c1ccccc1Cl)S(C)(=O)=O. The van der Waals surface area contributed by atoms with Gasteiger partial charge in [-0.2, -0.15) is 0 Å². The fraction of sp³-hybridized carbons (Fsp3) is 0.286. The van der Waals surface area contributed by atoms with Crippen molar-refractivity contribution in [1.82, 2.24) is 10.2 Å². The molecule has 208 valence electrons. The predicted octanol–water partition coefficient (Wildman–Crippen LogP) is 5.58. The number of anilines is 1. The molecule has 7 nitrogen and oxygen atoms in total. The first-order chi connectivity index (χ1) is 18.4. The van der Waals surface area contributed by atoms with E-state index in [1.165, 1.54) is 11.0 Å². The van der Waals surface area contributed by atoms with Gasteiger partial charge in [-0.1, -0.05) is 83.3 Å². The number of halogens is 3. The third-order valence-corrected chi connectivity index (χ3v) is 7.89. The quantitative estimate of drug-likeness (QED) is 0.307. The van der Waals surface area contributed by atoms with Gasteiger partial charge in [0.1, 0.15) is 12.6 Å². The van der Waals surface area contributed by atoms with E-state index in [4.69, 9.17) is 34.8 Å². The summed E-state index contributed by atoms with van der Waals surface area (Å²) in [5.74, 6) is -0.984. The summed E-state index contributed by atoms with van der Waals surface area (Å²) >= 11 is 18.8. The molecule has 3 rings (SSSR count). The van der Waals surface area contributed by atoms with E-state index >= 15 is 0 Å². The van der Waals surface area contributed by atoms with Crippen molar-refractivity contribution in [3.63, 3.8) is 0 Å². The second-order valence-corrected chi connectivity index (χ2v) is 12.5. The maximum Gasteiger partial charge on any atom is 0.244 e. The van der Waals surface area contributed by atoms with Crippen molar-refractivity contribution in [2.75, 3.05) is 17.1 Å². The second-order valence-electron chi connectivity index (χ2n) is 9.35. The molecule has 1 N–H and O–H groups in total. The number of carbonyl (C=O) groups excluding carboxylic acids is 2. The smallest absolute Gasteiger partial charge is 0.244 e. The molecule has 1 atom stereocenters. The topological polar surface area (TPSA) is 86.8 Å². The molecule has 0 aromatic heterocycles. The molecule has 11 heteroatoms. The second kappa shape index (κ2) is 13.5. The summed E-state index contributed by atoms with van der Waals surface area (Å²) in [5.41, 5.74) is 1.53. The number of carbonyl (C=O) groups is 2. The molecule has 0 fully saturated rings. The van der Waals surface area contributed by atoms with Crippen LogP contribution in [0.5, 0.6) is 0 Å². The van der Waals surface area contributed by atoms with Crippen molar-refractivity contribution in [3.05, 3.63) is 99.0 Å². The van der Waals surface area contributed by atoms with Gasteiger partial charge in [0.2, 0.25) is 21.8 Å². The summed E-state index contributed by atoms with van der Waals surface area (Å²) in [4.78, 5) is 28.9. The summed E-state index contributed by atoms with van der Waals surface area (Å²) in [7, 11) is -3.92. The molecule has 0 aliphatic rings. The van der Waals surface area contributed by atoms with Crippen molar-refractivity contribution in [2.45, 2.75) is 38.9 Å². The molecule has 0 radical (unpaired) electrons. The molecular formula is C28H30Cl3N3O4S. The Kier molecular flexibility index (Phi) is 10.7. The monoisotopic (exact) mass is 609 g/mol. The Morgan fingerprint density at radius 2 is 1.54 bits per heavy atom. The summed E-state index contributed by atoms with van der Waals surface area (Å²) in [5, 5.41) is 3.79. The van der Waals surface area contributed by atoms with E-state index in [1.54, 1.807) is 36.4 Å². The maximum atomic E-state index is 14.0. The Hall–Kier alpha value is -2.78. The Bertz CT molecular complexity index is 1420. The van der Waals surface area contributed by atoms with Gasteiger partial charge in [0.05, 0.1) is 17.0 Å². The predicted molar refractivity (Wildman–Crippen MR) is 158 cm³/mol. The van der Waals surface area contributed by atoms with Gasteiger partial charge < -0.3 is 10.2 Å². The Balaban J connectivity index is 2.09. The first-order valence-electron chi connectivity index (χ1n) is 12.2. The highest BCUT2D eigenvalue weighted by atomic mass is 35.5. The van der Waals surface area contributed by atoms with Gasteiger partial charge in [0.25, 0.3) is 0 Å². The standard InChI is InChI=1S/C28H30Cl3N3O4S/c1-19(2)32-28(36)26(15-20-9-5-4-6-10-20)33(17-21-13-14-22(29)16-24(21)31)27(35)18-34(39(3,37)38)25-12-8-7-11-23(25)30/h4-14,16,19,26H,15,17-18H2,1-3H3,(H,32,36)/t26-/m1/s1. The minimum absolute atomic E-state index is 0.0576. The first-order valence-corrected chi connectivity index (χ1v) is 15.1. The van der Waals surface area contributed by atoms with E-state index in [0.29, 0.717) is 15.6 Å². The van der Waals surface area contributed by atoms with Crippen molar-refractivity contribution < 1.29 is 18.0 Å². The molecule has 39 heavy (non-hydrogen) atoms. The number of nitrogens with zero attached hydrogens (tertiary/aromatic N) is 2. The Labute approximate surface area is 244 Å². The van der Waals surface area contributed by atoms with E-state index in [9.17, 15) is 18.0 Å².